The number of aromatic nitrogens is 8. The lowest BCUT2D eigenvalue weighted by Crippen LogP contribution is -2.38. The smallest absolute Gasteiger partial charge is 0.332 e. The van der Waals surface area contributed by atoms with Crippen LogP contribution in [0.2, 0.25) is 0 Å². The number of carbonyl (C=O) groups excluding carboxylic acids is 2. The number of aliphatic hydroxyl groups is 1. The maximum absolute atomic E-state index is 12.4. The molecule has 4 aromatic rings. The predicted molar refractivity (Wildman–Crippen MR) is 230 cm³/mol. The predicted octanol–water partition coefficient (Wildman–Crippen LogP) is -1.06. The Balaban J connectivity index is 0.000000319. The van der Waals surface area contributed by atoms with Gasteiger partial charge in [-0.1, -0.05) is 12.8 Å². The lowest BCUT2D eigenvalue weighted by Gasteiger charge is -2.26. The molecule has 6 rings (SSSR count). The summed E-state index contributed by atoms with van der Waals surface area (Å²) >= 11 is 0. The van der Waals surface area contributed by atoms with Gasteiger partial charge in [-0.05, 0) is 98.2 Å². The zero-order valence-corrected chi connectivity index (χ0v) is 36.6. The van der Waals surface area contributed by atoms with Gasteiger partial charge in [0.1, 0.15) is 13.1 Å². The number of rotatable bonds is 12. The van der Waals surface area contributed by atoms with Crippen LogP contribution in [-0.4, -0.2) is 141 Å². The zero-order valence-electron chi connectivity index (χ0n) is 36.6. The van der Waals surface area contributed by atoms with Gasteiger partial charge in [0.05, 0.1) is 19.3 Å². The van der Waals surface area contributed by atoms with Crippen molar-refractivity contribution in [3.63, 3.8) is 0 Å². The zero-order chi connectivity index (χ0) is 45.5. The summed E-state index contributed by atoms with van der Waals surface area (Å²) in [5.74, 6) is -0.628. The molecule has 0 atom stereocenters. The molecule has 4 aromatic heterocycles. The SMILES string of the molecule is CCO.CCOC(=O)Cn1cnc2c1c(=O)n(C)c(=O)n2C.Cn1c(=O)c2c(ncn2CC(=O)NCCCN2CCCCC2)n(C)c1=O.NCCCN1CCCCC1.O=CO. The van der Waals surface area contributed by atoms with E-state index in [4.69, 9.17) is 25.5 Å². The summed E-state index contributed by atoms with van der Waals surface area (Å²) in [6.07, 6.45) is 12.9. The molecular weight excluding hydrogens is 797 g/mol. The third kappa shape index (κ3) is 15.5. The minimum atomic E-state index is -0.486. The van der Waals surface area contributed by atoms with E-state index in [0.717, 1.165) is 41.7 Å². The molecule has 0 aromatic carbocycles. The highest BCUT2D eigenvalue weighted by molar-refractivity contribution is 5.79. The van der Waals surface area contributed by atoms with E-state index in [0.29, 0.717) is 6.54 Å². The normalized spacial score (nSPS) is 14.0. The number of esters is 1. The number of imidazole rings is 2. The Labute approximate surface area is 354 Å². The van der Waals surface area contributed by atoms with Crippen LogP contribution in [0, 0.1) is 0 Å². The van der Waals surface area contributed by atoms with Crippen LogP contribution in [0.1, 0.15) is 65.2 Å². The number of amides is 1. The summed E-state index contributed by atoms with van der Waals surface area (Å²) < 4.78 is 12.3. The summed E-state index contributed by atoms with van der Waals surface area (Å²) in [6, 6.07) is 0. The molecule has 6 heterocycles. The monoisotopic (exact) mass is 863 g/mol. The number of carbonyl (C=O) groups is 3. The quantitative estimate of drug-likeness (QED) is 0.0752. The second-order valence-electron chi connectivity index (χ2n) is 14.4. The largest absolute Gasteiger partial charge is 0.483 e. The van der Waals surface area contributed by atoms with Crippen LogP contribution < -0.4 is 33.5 Å². The van der Waals surface area contributed by atoms with Crippen molar-refractivity contribution in [3.05, 3.63) is 54.3 Å². The highest BCUT2D eigenvalue weighted by Crippen LogP contribution is 2.10. The molecule has 2 saturated heterocycles. The van der Waals surface area contributed by atoms with Crippen molar-refractivity contribution in [1.82, 2.24) is 52.5 Å². The minimum absolute atomic E-state index is 0.00760. The molecular formula is C39H66N12O10. The van der Waals surface area contributed by atoms with E-state index < -0.39 is 28.5 Å². The minimum Gasteiger partial charge on any atom is -0.483 e. The van der Waals surface area contributed by atoms with E-state index in [1.54, 1.807) is 20.9 Å². The van der Waals surface area contributed by atoms with Gasteiger partial charge < -0.3 is 44.9 Å². The van der Waals surface area contributed by atoms with Crippen molar-refractivity contribution >= 4 is 40.7 Å². The first kappa shape index (κ1) is 51.7. The summed E-state index contributed by atoms with van der Waals surface area (Å²) in [7, 11) is 5.88. The standard InChI is InChI=1S/C17H26N6O3.C11H14N4O4.C8H18N2.C2H6O.CH2O2/c1-20-15-14(16(25)21(2)17(20)26)23(12-19-15)11-13(24)18-7-6-10-22-8-4-3-5-9-22;1-4-19-7(16)5-15-6-12-9-8(15)10(17)14(3)11(18)13(9)2;9-5-4-8-10-6-2-1-3-7-10;1-2-3;2-1-3/h12H,3-11H2,1-2H3,(H,18,24);6H,4-5H2,1-3H3;1-9H2;3H,2H2,1H3;1H,(H,2,3). The number of carboxylic acid groups (broad SMARTS) is 1. The molecule has 0 bridgehead atoms. The summed E-state index contributed by atoms with van der Waals surface area (Å²) in [5, 5.41) is 17.4. The van der Waals surface area contributed by atoms with Gasteiger partial charge in [-0.3, -0.25) is 42.2 Å². The number of aliphatic hydroxyl groups excluding tert-OH is 1. The molecule has 0 unspecified atom stereocenters. The van der Waals surface area contributed by atoms with Crippen LogP contribution in [0.5, 0.6) is 0 Å². The van der Waals surface area contributed by atoms with Gasteiger partial charge in [-0.25, -0.2) is 19.6 Å². The van der Waals surface area contributed by atoms with E-state index in [2.05, 4.69) is 25.1 Å². The highest BCUT2D eigenvalue weighted by Gasteiger charge is 2.18. The third-order valence-corrected chi connectivity index (χ3v) is 9.90. The van der Waals surface area contributed by atoms with E-state index in [-0.39, 0.29) is 61.0 Å². The van der Waals surface area contributed by atoms with Gasteiger partial charge in [-0.2, -0.15) is 0 Å². The first-order valence-corrected chi connectivity index (χ1v) is 20.7. The fourth-order valence-electron chi connectivity index (χ4n) is 6.80. The molecule has 22 nitrogen and oxygen atoms in total. The number of hydrogen-bond donors (Lipinski definition) is 4. The number of nitrogens with zero attached hydrogens (tertiary/aromatic N) is 10. The van der Waals surface area contributed by atoms with Gasteiger partial charge in [0.25, 0.3) is 17.6 Å². The van der Waals surface area contributed by atoms with Crippen LogP contribution in [0.15, 0.2) is 31.8 Å². The van der Waals surface area contributed by atoms with Gasteiger partial charge in [0, 0.05) is 41.3 Å². The summed E-state index contributed by atoms with van der Waals surface area (Å²) in [6.45, 7) is 12.1. The molecule has 22 heteroatoms. The third-order valence-electron chi connectivity index (χ3n) is 9.90. The second kappa shape index (κ2) is 27.4. The van der Waals surface area contributed by atoms with Gasteiger partial charge in [0.2, 0.25) is 5.91 Å². The molecule has 0 saturated carbocycles. The number of ether oxygens (including phenoxy) is 1. The molecule has 0 aliphatic carbocycles. The van der Waals surface area contributed by atoms with Gasteiger partial charge in [0.15, 0.2) is 22.3 Å². The Morgan fingerprint density at radius 1 is 0.738 bits per heavy atom. The average Bonchev–Trinajstić information content (AvgIpc) is 3.88. The lowest BCUT2D eigenvalue weighted by molar-refractivity contribution is -0.143. The van der Waals surface area contributed by atoms with Crippen LogP contribution in [-0.2, 0) is 60.4 Å². The van der Waals surface area contributed by atoms with Crippen molar-refractivity contribution in [2.24, 2.45) is 33.9 Å². The highest BCUT2D eigenvalue weighted by atomic mass is 16.5. The average molecular weight is 863 g/mol. The van der Waals surface area contributed by atoms with E-state index in [1.807, 2.05) is 0 Å². The van der Waals surface area contributed by atoms with Crippen molar-refractivity contribution in [2.75, 3.05) is 65.6 Å². The molecule has 2 aliphatic rings. The molecule has 1 amide bonds. The Hall–Kier alpha value is -5.45. The molecule has 0 radical (unpaired) electrons. The van der Waals surface area contributed by atoms with Gasteiger partial charge in [-0.15, -0.1) is 0 Å². The molecule has 2 aliphatic heterocycles. The van der Waals surface area contributed by atoms with Crippen LogP contribution in [0.25, 0.3) is 22.3 Å². The van der Waals surface area contributed by atoms with Crippen molar-refractivity contribution < 1.29 is 29.3 Å². The Bertz CT molecular complexity index is 2210. The maximum Gasteiger partial charge on any atom is 0.332 e. The molecule has 342 valence electrons. The molecule has 5 N–H and O–H groups in total. The molecule has 0 spiro atoms. The first-order valence-electron chi connectivity index (χ1n) is 20.7. The Morgan fingerprint density at radius 2 is 1.15 bits per heavy atom. The number of aryl methyl sites for hydroxylation is 2. The second-order valence-corrected chi connectivity index (χ2v) is 14.4. The fraction of sp³-hybridized carbons (Fsp3) is 0.667. The number of hydrogen-bond acceptors (Lipinski definition) is 14. The molecule has 61 heavy (non-hydrogen) atoms. The number of nitrogens with two attached hydrogens (primary N) is 1. The van der Waals surface area contributed by atoms with E-state index in [9.17, 15) is 28.8 Å². The van der Waals surface area contributed by atoms with Crippen LogP contribution in [0.3, 0.4) is 0 Å². The number of nitrogens with one attached hydrogen (secondary N) is 1. The summed E-state index contributed by atoms with van der Waals surface area (Å²) in [4.78, 5) is 93.2. The topological polar surface area (TPSA) is 269 Å². The Kier molecular flexibility index (Phi) is 23.2. The molecule has 2 fully saturated rings. The number of likely N-dealkylation sites (tertiary alicyclic amines) is 2. The van der Waals surface area contributed by atoms with Crippen LogP contribution in [0.4, 0.5) is 0 Å². The van der Waals surface area contributed by atoms with Crippen molar-refractivity contribution in [1.29, 1.82) is 0 Å². The Morgan fingerprint density at radius 3 is 1.56 bits per heavy atom. The van der Waals surface area contributed by atoms with E-state index in [1.165, 1.54) is 117 Å². The number of fused-ring (bicyclic) bond motifs is 2. The van der Waals surface area contributed by atoms with Crippen molar-refractivity contribution in [2.45, 2.75) is 78.3 Å². The lowest BCUT2D eigenvalue weighted by atomic mass is 10.1. The van der Waals surface area contributed by atoms with Crippen molar-refractivity contribution in [3.8, 4) is 0 Å². The fourth-order valence-corrected chi connectivity index (χ4v) is 6.80. The number of piperidine rings is 2. The summed E-state index contributed by atoms with van der Waals surface area (Å²) in [5.41, 5.74) is 4.60. The van der Waals surface area contributed by atoms with Gasteiger partial charge >= 0.3 is 17.3 Å². The van der Waals surface area contributed by atoms with E-state index >= 15 is 0 Å². The van der Waals surface area contributed by atoms with Crippen LogP contribution >= 0.6 is 0 Å². The maximum atomic E-state index is 12.4. The first-order chi connectivity index (χ1) is 29.2.